The summed E-state index contributed by atoms with van der Waals surface area (Å²) in [4.78, 5) is 0. The minimum atomic E-state index is -0.592. The van der Waals surface area contributed by atoms with E-state index in [1.165, 1.54) is 5.56 Å². The van der Waals surface area contributed by atoms with Crippen LogP contribution in [0.5, 0.6) is 17.2 Å². The molecular formula is C25H26ClNO3. The third kappa shape index (κ3) is 5.33. The van der Waals surface area contributed by atoms with Gasteiger partial charge in [-0.15, -0.1) is 0 Å². The molecule has 0 aliphatic heterocycles. The second kappa shape index (κ2) is 9.98. The number of aliphatic hydroxyl groups is 1. The van der Waals surface area contributed by atoms with Gasteiger partial charge in [0.25, 0.3) is 0 Å². The van der Waals surface area contributed by atoms with Crippen molar-refractivity contribution in [2.45, 2.75) is 44.1 Å². The van der Waals surface area contributed by atoms with Gasteiger partial charge in [-0.3, -0.25) is 0 Å². The molecule has 1 aliphatic rings. The molecule has 1 aliphatic carbocycles. The molecule has 4 nitrogen and oxygen atoms in total. The number of para-hydroxylation sites is 2. The van der Waals surface area contributed by atoms with Crippen molar-refractivity contribution >= 4 is 11.6 Å². The summed E-state index contributed by atoms with van der Waals surface area (Å²) >= 11 is 5.96. The molecule has 0 amide bonds. The predicted octanol–water partition coefficient (Wildman–Crippen LogP) is 5.58. The zero-order valence-electron chi connectivity index (χ0n) is 16.7. The van der Waals surface area contributed by atoms with E-state index in [-0.39, 0.29) is 12.1 Å². The maximum atomic E-state index is 10.9. The molecule has 0 aromatic heterocycles. The second-order valence-electron chi connectivity index (χ2n) is 7.55. The lowest BCUT2D eigenvalue weighted by molar-refractivity contribution is -0.0165. The van der Waals surface area contributed by atoms with Crippen LogP contribution in [0.15, 0.2) is 78.9 Å². The Labute approximate surface area is 182 Å². The topological polar surface area (TPSA) is 50.7 Å². The van der Waals surface area contributed by atoms with Crippen LogP contribution in [-0.4, -0.2) is 23.4 Å². The number of nitrogens with one attached hydrogen (secondary N) is 1. The zero-order chi connectivity index (χ0) is 20.8. The molecule has 0 bridgehead atoms. The molecule has 0 spiro atoms. The summed E-state index contributed by atoms with van der Waals surface area (Å²) in [5.74, 6) is 1.92. The van der Waals surface area contributed by atoms with Gasteiger partial charge >= 0.3 is 0 Å². The Morgan fingerprint density at radius 2 is 1.57 bits per heavy atom. The van der Waals surface area contributed by atoms with Crippen molar-refractivity contribution in [2.75, 3.05) is 0 Å². The summed E-state index contributed by atoms with van der Waals surface area (Å²) in [5.41, 5.74) is 1.20. The first-order valence-corrected chi connectivity index (χ1v) is 10.7. The molecule has 3 atom stereocenters. The van der Waals surface area contributed by atoms with Gasteiger partial charge in [0.1, 0.15) is 18.0 Å². The Kier molecular flexibility index (Phi) is 6.90. The third-order valence-electron chi connectivity index (χ3n) is 5.38. The first kappa shape index (κ1) is 20.7. The second-order valence-corrected chi connectivity index (χ2v) is 7.99. The Morgan fingerprint density at radius 3 is 2.33 bits per heavy atom. The van der Waals surface area contributed by atoms with Gasteiger partial charge < -0.3 is 19.9 Å². The highest BCUT2D eigenvalue weighted by atomic mass is 35.5. The Bertz CT molecular complexity index is 933. The summed E-state index contributed by atoms with van der Waals surface area (Å²) in [7, 11) is 0. The molecule has 0 radical (unpaired) electrons. The van der Waals surface area contributed by atoms with Crippen molar-refractivity contribution in [3.63, 3.8) is 0 Å². The summed E-state index contributed by atoms with van der Waals surface area (Å²) < 4.78 is 12.2. The van der Waals surface area contributed by atoms with Gasteiger partial charge in [-0.25, -0.2) is 0 Å². The molecule has 4 rings (SSSR count). The average Bonchev–Trinajstić information content (AvgIpc) is 2.78. The van der Waals surface area contributed by atoms with Crippen molar-refractivity contribution in [2.24, 2.45) is 0 Å². The van der Waals surface area contributed by atoms with Crippen LogP contribution in [0.2, 0.25) is 5.02 Å². The molecule has 0 saturated heterocycles. The highest BCUT2D eigenvalue weighted by Crippen LogP contribution is 2.34. The van der Waals surface area contributed by atoms with Gasteiger partial charge in [-0.2, -0.15) is 0 Å². The molecule has 2 N–H and O–H groups in total. The molecule has 3 aromatic rings. The molecule has 3 aromatic carbocycles. The molecular weight excluding hydrogens is 398 g/mol. The summed E-state index contributed by atoms with van der Waals surface area (Å²) in [6.07, 6.45) is 1.85. The van der Waals surface area contributed by atoms with Crippen molar-refractivity contribution in [3.05, 3.63) is 89.4 Å². The first-order chi connectivity index (χ1) is 14.7. The van der Waals surface area contributed by atoms with Crippen molar-refractivity contribution < 1.29 is 14.6 Å². The Balaban J connectivity index is 1.41. The van der Waals surface area contributed by atoms with Gasteiger partial charge in [0.05, 0.1) is 0 Å². The summed E-state index contributed by atoms with van der Waals surface area (Å²) in [5, 5.41) is 15.1. The minimum absolute atomic E-state index is 0.00620. The van der Waals surface area contributed by atoms with E-state index in [0.29, 0.717) is 22.3 Å². The third-order valence-corrected chi connectivity index (χ3v) is 5.63. The highest BCUT2D eigenvalue weighted by molar-refractivity contribution is 6.30. The molecule has 1 fully saturated rings. The van der Waals surface area contributed by atoms with Crippen molar-refractivity contribution in [3.8, 4) is 17.2 Å². The molecule has 30 heavy (non-hydrogen) atoms. The van der Waals surface area contributed by atoms with E-state index in [0.717, 1.165) is 25.8 Å². The van der Waals surface area contributed by atoms with Crippen LogP contribution in [-0.2, 0) is 6.54 Å². The molecule has 5 heteroatoms. The quantitative estimate of drug-likeness (QED) is 0.520. The molecule has 0 unspecified atom stereocenters. The Hall–Kier alpha value is -2.53. The van der Waals surface area contributed by atoms with E-state index in [1.807, 2.05) is 54.6 Å². The summed E-state index contributed by atoms with van der Waals surface area (Å²) in [6, 6.07) is 25.0. The van der Waals surface area contributed by atoms with Gasteiger partial charge in [-0.05, 0) is 61.2 Å². The van der Waals surface area contributed by atoms with Crippen LogP contribution in [0, 0.1) is 0 Å². The van der Waals surface area contributed by atoms with Crippen molar-refractivity contribution in [1.29, 1.82) is 0 Å². The van der Waals surface area contributed by atoms with E-state index in [2.05, 4.69) is 17.4 Å². The molecule has 0 heterocycles. The van der Waals surface area contributed by atoms with Crippen LogP contribution in [0.4, 0.5) is 0 Å². The number of rotatable bonds is 7. The van der Waals surface area contributed by atoms with E-state index < -0.39 is 6.10 Å². The monoisotopic (exact) mass is 423 g/mol. The minimum Gasteiger partial charge on any atom is -0.484 e. The van der Waals surface area contributed by atoms with Crippen LogP contribution in [0.25, 0.3) is 0 Å². The highest BCUT2D eigenvalue weighted by Gasteiger charge is 2.33. The number of aliphatic hydroxyl groups excluding tert-OH is 1. The lowest BCUT2D eigenvalue weighted by atomic mass is 9.89. The van der Waals surface area contributed by atoms with Gasteiger partial charge in [0.2, 0.25) is 0 Å². The van der Waals surface area contributed by atoms with Gasteiger partial charge in [-0.1, -0.05) is 54.1 Å². The van der Waals surface area contributed by atoms with E-state index in [4.69, 9.17) is 21.1 Å². The number of hydrogen-bond acceptors (Lipinski definition) is 4. The number of hydrogen-bond donors (Lipinski definition) is 2. The van der Waals surface area contributed by atoms with Crippen LogP contribution >= 0.6 is 11.6 Å². The normalized spacial score (nSPS) is 21.2. The fourth-order valence-corrected chi connectivity index (χ4v) is 3.89. The van der Waals surface area contributed by atoms with Gasteiger partial charge in [0.15, 0.2) is 11.5 Å². The maximum absolute atomic E-state index is 10.9. The van der Waals surface area contributed by atoms with Crippen LogP contribution in [0.3, 0.4) is 0 Å². The largest absolute Gasteiger partial charge is 0.484 e. The maximum Gasteiger partial charge on any atom is 0.169 e. The van der Waals surface area contributed by atoms with Crippen LogP contribution in [0.1, 0.15) is 24.8 Å². The standard InChI is InChI=1S/C25H26ClNO3/c26-19-13-15-20(16-14-19)29-22-10-4-5-11-23(22)30-24-12-6-9-21(25(24)28)27-17-18-7-2-1-3-8-18/h1-5,7-8,10-11,13-16,21,24-25,27-28H,6,9,12,17H2/t21-,24-,25-/m1/s1. The van der Waals surface area contributed by atoms with E-state index in [1.54, 1.807) is 12.1 Å². The number of ether oxygens (including phenoxy) is 2. The molecule has 156 valence electrons. The number of halogens is 1. The smallest absolute Gasteiger partial charge is 0.169 e. The Morgan fingerprint density at radius 1 is 0.867 bits per heavy atom. The van der Waals surface area contributed by atoms with Gasteiger partial charge in [0, 0.05) is 17.6 Å². The molecule has 1 saturated carbocycles. The lowest BCUT2D eigenvalue weighted by Gasteiger charge is -2.35. The average molecular weight is 424 g/mol. The first-order valence-electron chi connectivity index (χ1n) is 10.3. The van der Waals surface area contributed by atoms with E-state index >= 15 is 0 Å². The van der Waals surface area contributed by atoms with Crippen LogP contribution < -0.4 is 14.8 Å². The lowest BCUT2D eigenvalue weighted by Crippen LogP contribution is -2.50. The SMILES string of the molecule is O[C@@H]1[C@H](NCc2ccccc2)CCC[C@H]1Oc1ccccc1Oc1ccc(Cl)cc1. The fourth-order valence-electron chi connectivity index (χ4n) is 3.76. The predicted molar refractivity (Wildman–Crippen MR) is 119 cm³/mol. The fraction of sp³-hybridized carbons (Fsp3) is 0.280. The zero-order valence-corrected chi connectivity index (χ0v) is 17.5. The summed E-state index contributed by atoms with van der Waals surface area (Å²) in [6.45, 7) is 0.728. The van der Waals surface area contributed by atoms with E-state index in [9.17, 15) is 5.11 Å². The number of benzene rings is 3. The van der Waals surface area contributed by atoms with Crippen molar-refractivity contribution in [1.82, 2.24) is 5.32 Å².